The molecule has 0 fully saturated rings. The van der Waals surface area contributed by atoms with Crippen molar-refractivity contribution in [1.29, 1.82) is 5.26 Å². The van der Waals surface area contributed by atoms with Crippen LogP contribution < -0.4 is 5.73 Å². The third-order valence-electron chi connectivity index (χ3n) is 1.81. The average molecular weight is 173 g/mol. The van der Waals surface area contributed by atoms with E-state index in [2.05, 4.69) is 10.1 Å². The minimum Gasteiger partial charge on any atom is -0.311 e. The second-order valence-corrected chi connectivity index (χ2v) is 2.61. The van der Waals surface area contributed by atoms with Gasteiger partial charge in [-0.25, -0.2) is 9.50 Å². The first-order chi connectivity index (χ1) is 6.33. The molecule has 2 rings (SSSR count). The summed E-state index contributed by atoms with van der Waals surface area (Å²) in [4.78, 5) is 3.86. The van der Waals surface area contributed by atoms with Gasteiger partial charge in [0.25, 0.3) is 0 Å². The lowest BCUT2D eigenvalue weighted by molar-refractivity contribution is 0.781. The third-order valence-corrected chi connectivity index (χ3v) is 1.81. The molecule has 0 aromatic carbocycles. The summed E-state index contributed by atoms with van der Waals surface area (Å²) in [6.45, 7) is 0. The summed E-state index contributed by atoms with van der Waals surface area (Å²) >= 11 is 0. The van der Waals surface area contributed by atoms with Crippen LogP contribution in [-0.4, -0.2) is 14.6 Å². The van der Waals surface area contributed by atoms with Crippen LogP contribution >= 0.6 is 0 Å². The van der Waals surface area contributed by atoms with Gasteiger partial charge in [0, 0.05) is 0 Å². The number of hydrogen-bond acceptors (Lipinski definition) is 4. The number of fused-ring (bicyclic) bond motifs is 1. The maximum absolute atomic E-state index is 8.63. The first-order valence-corrected chi connectivity index (χ1v) is 3.76. The van der Waals surface area contributed by atoms with Gasteiger partial charge >= 0.3 is 0 Å². The van der Waals surface area contributed by atoms with Crippen LogP contribution in [0.4, 0.5) is 0 Å². The normalized spacial score (nSPS) is 12.6. The summed E-state index contributed by atoms with van der Waals surface area (Å²) in [5.41, 5.74) is 7.08. The second-order valence-electron chi connectivity index (χ2n) is 2.61. The van der Waals surface area contributed by atoms with Crippen LogP contribution in [-0.2, 0) is 0 Å². The Hall–Kier alpha value is -1.93. The molecule has 2 N–H and O–H groups in total. The minimum absolute atomic E-state index is 0.641. The molecule has 2 heterocycles. The van der Waals surface area contributed by atoms with Crippen molar-refractivity contribution in [3.05, 3.63) is 30.4 Å². The highest BCUT2D eigenvalue weighted by atomic mass is 15.2. The van der Waals surface area contributed by atoms with Gasteiger partial charge in [0.15, 0.2) is 0 Å². The van der Waals surface area contributed by atoms with E-state index in [9.17, 15) is 0 Å². The Balaban J connectivity index is 2.66. The fraction of sp³-hybridized carbons (Fsp3) is 0.125. The molecule has 1 atom stereocenters. The predicted molar refractivity (Wildman–Crippen MR) is 45.5 cm³/mol. The van der Waals surface area contributed by atoms with Crippen LogP contribution in [0.1, 0.15) is 11.7 Å². The molecule has 2 aromatic rings. The highest BCUT2D eigenvalue weighted by Gasteiger charge is 2.09. The minimum atomic E-state index is -0.641. The molecule has 5 heteroatoms. The van der Waals surface area contributed by atoms with Crippen LogP contribution in [0, 0.1) is 11.3 Å². The lowest BCUT2D eigenvalue weighted by Crippen LogP contribution is -2.11. The topological polar surface area (TPSA) is 80.0 Å². The first-order valence-electron chi connectivity index (χ1n) is 3.76. The van der Waals surface area contributed by atoms with Crippen molar-refractivity contribution in [1.82, 2.24) is 14.6 Å². The van der Waals surface area contributed by atoms with Crippen LogP contribution in [0.5, 0.6) is 0 Å². The second kappa shape index (κ2) is 2.84. The van der Waals surface area contributed by atoms with Crippen LogP contribution in [0.2, 0.25) is 0 Å². The van der Waals surface area contributed by atoms with Crippen molar-refractivity contribution in [2.24, 2.45) is 5.73 Å². The zero-order valence-electron chi connectivity index (χ0n) is 6.75. The monoisotopic (exact) mass is 173 g/mol. The molecule has 0 aliphatic carbocycles. The molecule has 2 aromatic heterocycles. The Labute approximate surface area is 74.4 Å². The van der Waals surface area contributed by atoms with Gasteiger partial charge in [-0.3, -0.25) is 0 Å². The maximum Gasteiger partial charge on any atom is 0.136 e. The summed E-state index contributed by atoms with van der Waals surface area (Å²) in [6, 6.07) is 4.92. The van der Waals surface area contributed by atoms with Gasteiger partial charge in [-0.05, 0) is 12.1 Å². The highest BCUT2D eigenvalue weighted by Crippen LogP contribution is 2.12. The maximum atomic E-state index is 8.63. The lowest BCUT2D eigenvalue weighted by Gasteiger charge is -2.01. The summed E-state index contributed by atoms with van der Waals surface area (Å²) in [5, 5.41) is 12.6. The van der Waals surface area contributed by atoms with Gasteiger partial charge in [0.2, 0.25) is 0 Å². The molecule has 0 saturated carbocycles. The number of rotatable bonds is 1. The summed E-state index contributed by atoms with van der Waals surface area (Å²) in [6.07, 6.45) is 3.08. The van der Waals surface area contributed by atoms with Crippen molar-refractivity contribution in [3.63, 3.8) is 0 Å². The van der Waals surface area contributed by atoms with Gasteiger partial charge in [-0.2, -0.15) is 10.4 Å². The molecular weight excluding hydrogens is 166 g/mol. The molecule has 0 bridgehead atoms. The molecule has 13 heavy (non-hydrogen) atoms. The van der Waals surface area contributed by atoms with Crippen molar-refractivity contribution in [3.8, 4) is 6.07 Å². The van der Waals surface area contributed by atoms with Crippen molar-refractivity contribution >= 4 is 5.52 Å². The quantitative estimate of drug-likeness (QED) is 0.670. The van der Waals surface area contributed by atoms with Gasteiger partial charge in [-0.15, -0.1) is 0 Å². The molecule has 0 aliphatic heterocycles. The number of nitrogens with two attached hydrogens (primary N) is 1. The van der Waals surface area contributed by atoms with E-state index in [0.717, 1.165) is 5.52 Å². The first kappa shape index (κ1) is 7.71. The summed E-state index contributed by atoms with van der Waals surface area (Å²) in [7, 11) is 0. The van der Waals surface area contributed by atoms with E-state index in [1.165, 1.54) is 6.33 Å². The van der Waals surface area contributed by atoms with E-state index in [1.807, 2.05) is 12.1 Å². The SMILES string of the molecule is N#CC(N)c1ccc2cncnn12. The average Bonchev–Trinajstić information content (AvgIpc) is 2.60. The van der Waals surface area contributed by atoms with E-state index in [0.29, 0.717) is 5.69 Å². The Kier molecular flexibility index (Phi) is 1.69. The smallest absolute Gasteiger partial charge is 0.136 e. The van der Waals surface area contributed by atoms with Gasteiger partial charge in [0.1, 0.15) is 12.4 Å². The standard InChI is InChI=1S/C8H7N5/c9-3-7(10)8-2-1-6-4-11-5-12-13(6)8/h1-2,4-5,7H,10H2. The largest absolute Gasteiger partial charge is 0.311 e. The van der Waals surface area contributed by atoms with Gasteiger partial charge < -0.3 is 5.73 Å². The molecule has 0 amide bonds. The van der Waals surface area contributed by atoms with E-state index in [-0.39, 0.29) is 0 Å². The van der Waals surface area contributed by atoms with Gasteiger partial charge in [0.05, 0.1) is 23.5 Å². The Morgan fingerprint density at radius 1 is 1.54 bits per heavy atom. The van der Waals surface area contributed by atoms with E-state index in [1.54, 1.807) is 16.8 Å². The van der Waals surface area contributed by atoms with Crippen LogP contribution in [0.25, 0.3) is 5.52 Å². The molecule has 64 valence electrons. The van der Waals surface area contributed by atoms with Crippen LogP contribution in [0.3, 0.4) is 0 Å². The van der Waals surface area contributed by atoms with Crippen LogP contribution in [0.15, 0.2) is 24.7 Å². The van der Waals surface area contributed by atoms with E-state index in [4.69, 9.17) is 11.0 Å². The highest BCUT2D eigenvalue weighted by molar-refractivity contribution is 5.46. The molecule has 1 unspecified atom stereocenters. The fourth-order valence-electron chi connectivity index (χ4n) is 1.18. The molecule has 0 saturated heterocycles. The fourth-order valence-corrected chi connectivity index (χ4v) is 1.18. The zero-order chi connectivity index (χ0) is 9.26. The lowest BCUT2D eigenvalue weighted by atomic mass is 10.2. The number of nitriles is 1. The summed E-state index contributed by atoms with van der Waals surface area (Å²) < 4.78 is 1.61. The van der Waals surface area contributed by atoms with Gasteiger partial charge in [-0.1, -0.05) is 0 Å². The predicted octanol–water partition coefficient (Wildman–Crippen LogP) is 0.253. The zero-order valence-corrected chi connectivity index (χ0v) is 6.75. The molecule has 0 radical (unpaired) electrons. The molecule has 5 nitrogen and oxygen atoms in total. The number of nitrogens with zero attached hydrogens (tertiary/aromatic N) is 4. The number of aromatic nitrogens is 3. The summed E-state index contributed by atoms with van der Waals surface area (Å²) in [5.74, 6) is 0. The van der Waals surface area contributed by atoms with Crippen molar-refractivity contribution in [2.75, 3.05) is 0 Å². The molecule has 0 aliphatic rings. The van der Waals surface area contributed by atoms with E-state index >= 15 is 0 Å². The van der Waals surface area contributed by atoms with E-state index < -0.39 is 6.04 Å². The molecular formula is C8H7N5. The Bertz CT molecular complexity index is 467. The Morgan fingerprint density at radius 3 is 3.15 bits per heavy atom. The number of hydrogen-bond donors (Lipinski definition) is 1. The third kappa shape index (κ3) is 1.13. The van der Waals surface area contributed by atoms with Crippen molar-refractivity contribution < 1.29 is 0 Å². The van der Waals surface area contributed by atoms with Crippen molar-refractivity contribution in [2.45, 2.75) is 6.04 Å². The molecule has 0 spiro atoms. The Morgan fingerprint density at radius 2 is 2.38 bits per heavy atom.